The second-order valence-corrected chi connectivity index (χ2v) is 3.73. The highest BCUT2D eigenvalue weighted by Crippen LogP contribution is 2.19. The summed E-state index contributed by atoms with van der Waals surface area (Å²) in [6.07, 6.45) is 0.460. The van der Waals surface area contributed by atoms with Gasteiger partial charge in [0.05, 0.1) is 11.5 Å². The molecule has 0 saturated carbocycles. The van der Waals surface area contributed by atoms with Crippen LogP contribution in [0.4, 0.5) is 0 Å². The molecular weight excluding hydrogens is 184 g/mol. The summed E-state index contributed by atoms with van der Waals surface area (Å²) in [5, 5.41) is 11.4. The van der Waals surface area contributed by atoms with E-state index in [2.05, 4.69) is 5.32 Å². The number of carboxylic acids is 1. The molecule has 0 rings (SSSR count). The van der Waals surface area contributed by atoms with Crippen molar-refractivity contribution in [2.75, 3.05) is 6.54 Å². The minimum absolute atomic E-state index is 0.110. The van der Waals surface area contributed by atoms with Gasteiger partial charge in [-0.15, -0.1) is 0 Å². The summed E-state index contributed by atoms with van der Waals surface area (Å²) in [6, 6.07) is -0.607. The summed E-state index contributed by atoms with van der Waals surface area (Å²) in [4.78, 5) is 22.0. The van der Waals surface area contributed by atoms with Gasteiger partial charge in [0.15, 0.2) is 0 Å². The van der Waals surface area contributed by atoms with Crippen molar-refractivity contribution in [2.24, 2.45) is 11.1 Å². The third-order valence-corrected chi connectivity index (χ3v) is 2.36. The van der Waals surface area contributed by atoms with Gasteiger partial charge in [-0.2, -0.15) is 0 Å². The zero-order chi connectivity index (χ0) is 11.4. The first-order valence-corrected chi connectivity index (χ1v) is 4.60. The average molecular weight is 202 g/mol. The van der Waals surface area contributed by atoms with Crippen molar-refractivity contribution in [1.82, 2.24) is 5.32 Å². The minimum atomic E-state index is -0.912. The van der Waals surface area contributed by atoms with Gasteiger partial charge in [0.1, 0.15) is 0 Å². The van der Waals surface area contributed by atoms with Crippen molar-refractivity contribution >= 4 is 11.9 Å². The summed E-state index contributed by atoms with van der Waals surface area (Å²) in [7, 11) is 0. The molecule has 0 bridgehead atoms. The lowest BCUT2D eigenvalue weighted by Gasteiger charge is -2.23. The van der Waals surface area contributed by atoms with E-state index in [1.807, 2.05) is 0 Å². The van der Waals surface area contributed by atoms with Crippen LogP contribution in [0.3, 0.4) is 0 Å². The molecule has 0 aliphatic carbocycles. The van der Waals surface area contributed by atoms with Gasteiger partial charge >= 0.3 is 5.97 Å². The van der Waals surface area contributed by atoms with Crippen LogP contribution < -0.4 is 11.1 Å². The van der Waals surface area contributed by atoms with Gasteiger partial charge in [-0.25, -0.2) is 0 Å². The van der Waals surface area contributed by atoms with E-state index < -0.39 is 17.4 Å². The van der Waals surface area contributed by atoms with Crippen molar-refractivity contribution in [2.45, 2.75) is 33.2 Å². The molecule has 82 valence electrons. The zero-order valence-corrected chi connectivity index (χ0v) is 8.83. The van der Waals surface area contributed by atoms with Crippen LogP contribution in [-0.4, -0.2) is 29.6 Å². The Kier molecular flexibility index (Phi) is 4.56. The van der Waals surface area contributed by atoms with Crippen molar-refractivity contribution < 1.29 is 14.7 Å². The van der Waals surface area contributed by atoms with Crippen LogP contribution >= 0.6 is 0 Å². The standard InChI is InChI=1S/C9H18N2O3/c1-4-9(3,8(13)14)5-11-7(12)6(2)10/h6H,4-5,10H2,1-3H3,(H,11,12)(H,13,14). The maximum Gasteiger partial charge on any atom is 0.311 e. The SMILES string of the molecule is CCC(C)(CNC(=O)C(C)N)C(=O)O. The van der Waals surface area contributed by atoms with Gasteiger partial charge in [0.25, 0.3) is 0 Å². The Labute approximate surface area is 83.7 Å². The first-order valence-electron chi connectivity index (χ1n) is 4.60. The fourth-order valence-corrected chi connectivity index (χ4v) is 0.795. The molecule has 2 atom stereocenters. The molecule has 5 heteroatoms. The first-order chi connectivity index (χ1) is 6.33. The lowest BCUT2D eigenvalue weighted by atomic mass is 9.87. The van der Waals surface area contributed by atoms with E-state index in [4.69, 9.17) is 10.8 Å². The molecule has 0 heterocycles. The van der Waals surface area contributed by atoms with E-state index in [0.29, 0.717) is 6.42 Å². The first kappa shape index (κ1) is 12.9. The smallest absolute Gasteiger partial charge is 0.311 e. The largest absolute Gasteiger partial charge is 0.481 e. The molecule has 4 N–H and O–H groups in total. The van der Waals surface area contributed by atoms with E-state index in [-0.39, 0.29) is 12.5 Å². The van der Waals surface area contributed by atoms with Crippen molar-refractivity contribution in [3.63, 3.8) is 0 Å². The molecule has 0 radical (unpaired) electrons. The molecule has 0 fully saturated rings. The predicted octanol–water partition coefficient (Wildman–Crippen LogP) is -0.0493. The molecule has 1 amide bonds. The van der Waals surface area contributed by atoms with E-state index >= 15 is 0 Å². The number of carbonyl (C=O) groups excluding carboxylic acids is 1. The monoisotopic (exact) mass is 202 g/mol. The highest BCUT2D eigenvalue weighted by Gasteiger charge is 2.31. The molecular formula is C9H18N2O3. The fraction of sp³-hybridized carbons (Fsp3) is 0.778. The number of carboxylic acid groups (broad SMARTS) is 1. The van der Waals surface area contributed by atoms with E-state index in [0.717, 1.165) is 0 Å². The van der Waals surface area contributed by atoms with Crippen molar-refractivity contribution in [1.29, 1.82) is 0 Å². The number of carbonyl (C=O) groups is 2. The number of aliphatic carboxylic acids is 1. The number of hydrogen-bond donors (Lipinski definition) is 3. The summed E-state index contributed by atoms with van der Waals surface area (Å²) in [5.41, 5.74) is 4.41. The number of amides is 1. The van der Waals surface area contributed by atoms with Crippen LogP contribution in [0.15, 0.2) is 0 Å². The molecule has 14 heavy (non-hydrogen) atoms. The predicted molar refractivity (Wildman–Crippen MR) is 52.7 cm³/mol. The topological polar surface area (TPSA) is 92.4 Å². The van der Waals surface area contributed by atoms with Gasteiger partial charge in [-0.05, 0) is 20.3 Å². The normalized spacial score (nSPS) is 16.9. The lowest BCUT2D eigenvalue weighted by Crippen LogP contribution is -2.45. The average Bonchev–Trinajstić information content (AvgIpc) is 2.12. The van der Waals surface area contributed by atoms with Crippen LogP contribution in [0.5, 0.6) is 0 Å². The number of nitrogens with two attached hydrogens (primary N) is 1. The van der Waals surface area contributed by atoms with Crippen LogP contribution in [0.25, 0.3) is 0 Å². The Balaban J connectivity index is 4.22. The number of rotatable bonds is 5. The van der Waals surface area contributed by atoms with Gasteiger partial charge < -0.3 is 16.2 Å². The molecule has 5 nitrogen and oxygen atoms in total. The van der Waals surface area contributed by atoms with Crippen LogP contribution in [0.2, 0.25) is 0 Å². The Morgan fingerprint density at radius 2 is 2.07 bits per heavy atom. The number of nitrogens with one attached hydrogen (secondary N) is 1. The summed E-state index contributed by atoms with van der Waals surface area (Å²) in [6.45, 7) is 5.03. The quantitative estimate of drug-likeness (QED) is 0.582. The molecule has 0 aromatic heterocycles. The lowest BCUT2D eigenvalue weighted by molar-refractivity contribution is -0.148. The summed E-state index contributed by atoms with van der Waals surface area (Å²) < 4.78 is 0. The van der Waals surface area contributed by atoms with Crippen molar-refractivity contribution in [3.05, 3.63) is 0 Å². The second kappa shape index (κ2) is 4.95. The number of hydrogen-bond acceptors (Lipinski definition) is 3. The summed E-state index contributed by atoms with van der Waals surface area (Å²) in [5.74, 6) is -1.24. The Hall–Kier alpha value is -1.10. The second-order valence-electron chi connectivity index (χ2n) is 3.73. The van der Waals surface area contributed by atoms with Gasteiger partial charge in [-0.1, -0.05) is 6.92 Å². The molecule has 0 aromatic carbocycles. The zero-order valence-electron chi connectivity index (χ0n) is 8.83. The van der Waals surface area contributed by atoms with Crippen molar-refractivity contribution in [3.8, 4) is 0 Å². The van der Waals surface area contributed by atoms with Gasteiger partial charge in [0, 0.05) is 6.54 Å². The molecule has 0 aromatic rings. The summed E-state index contributed by atoms with van der Waals surface area (Å²) >= 11 is 0. The maximum atomic E-state index is 11.1. The Morgan fingerprint density at radius 3 is 2.36 bits per heavy atom. The molecule has 2 unspecified atom stereocenters. The third-order valence-electron chi connectivity index (χ3n) is 2.36. The van der Waals surface area contributed by atoms with Gasteiger partial charge in [-0.3, -0.25) is 9.59 Å². The highest BCUT2D eigenvalue weighted by atomic mass is 16.4. The third kappa shape index (κ3) is 3.33. The minimum Gasteiger partial charge on any atom is -0.481 e. The molecule has 0 aliphatic heterocycles. The molecule has 0 aliphatic rings. The van der Waals surface area contributed by atoms with E-state index in [9.17, 15) is 9.59 Å². The Morgan fingerprint density at radius 1 is 1.57 bits per heavy atom. The van der Waals surface area contributed by atoms with Crippen LogP contribution in [-0.2, 0) is 9.59 Å². The van der Waals surface area contributed by atoms with E-state index in [1.54, 1.807) is 20.8 Å². The molecule has 0 saturated heterocycles. The molecule has 0 spiro atoms. The Bertz CT molecular complexity index is 228. The van der Waals surface area contributed by atoms with Crippen LogP contribution in [0, 0.1) is 5.41 Å². The van der Waals surface area contributed by atoms with E-state index in [1.165, 1.54) is 0 Å². The fourth-order valence-electron chi connectivity index (χ4n) is 0.795. The van der Waals surface area contributed by atoms with Gasteiger partial charge in [0.2, 0.25) is 5.91 Å². The maximum absolute atomic E-state index is 11.1. The highest BCUT2D eigenvalue weighted by molar-refractivity contribution is 5.82. The van der Waals surface area contributed by atoms with Crippen LogP contribution in [0.1, 0.15) is 27.2 Å².